The van der Waals surface area contributed by atoms with E-state index in [1.54, 1.807) is 31.2 Å². The molecule has 0 aliphatic rings. The van der Waals surface area contributed by atoms with E-state index >= 15 is 0 Å². The van der Waals surface area contributed by atoms with Gasteiger partial charge in [0.1, 0.15) is 18.4 Å². The normalized spacial score (nSPS) is 12.7. The van der Waals surface area contributed by atoms with Crippen molar-refractivity contribution in [2.45, 2.75) is 37.4 Å². The molecule has 1 aromatic heterocycles. The molecule has 180 valence electrons. The molecule has 10 heteroatoms. The maximum Gasteiger partial charge on any atom is 0.238 e. The molecule has 7 nitrogen and oxygen atoms in total. The number of alkyl halides is 1. The molecule has 0 saturated carbocycles. The minimum absolute atomic E-state index is 0.167. The lowest BCUT2D eigenvalue weighted by Gasteiger charge is -2.27. The lowest BCUT2D eigenvalue weighted by molar-refractivity contribution is 0.181. The van der Waals surface area contributed by atoms with Gasteiger partial charge >= 0.3 is 0 Å². The highest BCUT2D eigenvalue weighted by molar-refractivity contribution is 7.90. The van der Waals surface area contributed by atoms with Crippen molar-refractivity contribution in [3.8, 4) is 17.6 Å². The second kappa shape index (κ2) is 10.3. The van der Waals surface area contributed by atoms with Gasteiger partial charge in [-0.05, 0) is 42.3 Å². The zero-order valence-corrected chi connectivity index (χ0v) is 21.5. The number of ether oxygens (including phenoxy) is 2. The van der Waals surface area contributed by atoms with Crippen LogP contribution in [0.15, 0.2) is 52.1 Å². The number of aromatic nitrogens is 1. The van der Waals surface area contributed by atoms with Gasteiger partial charge < -0.3 is 13.9 Å². The van der Waals surface area contributed by atoms with Crippen molar-refractivity contribution in [3.05, 3.63) is 70.2 Å². The predicted molar refractivity (Wildman–Crippen MR) is 130 cm³/mol. The van der Waals surface area contributed by atoms with Gasteiger partial charge in [0.15, 0.2) is 11.9 Å². The van der Waals surface area contributed by atoms with Crippen molar-refractivity contribution in [1.82, 2.24) is 4.98 Å². The van der Waals surface area contributed by atoms with E-state index in [9.17, 15) is 13.7 Å². The maximum atomic E-state index is 11.6. The van der Waals surface area contributed by atoms with Crippen LogP contribution >= 0.6 is 23.2 Å². The molecule has 0 N–H and O–H groups in total. The lowest BCUT2D eigenvalue weighted by Crippen LogP contribution is -2.19. The van der Waals surface area contributed by atoms with Gasteiger partial charge in [0, 0.05) is 11.7 Å². The van der Waals surface area contributed by atoms with E-state index in [2.05, 4.69) is 11.1 Å². The summed E-state index contributed by atoms with van der Waals surface area (Å²) in [4.78, 5) is 4.00. The van der Waals surface area contributed by atoms with Gasteiger partial charge in [0.2, 0.25) is 20.8 Å². The predicted octanol–water partition coefficient (Wildman–Crippen LogP) is 5.69. The summed E-state index contributed by atoms with van der Waals surface area (Å²) in [6.45, 7) is 6.02. The third-order valence-corrected chi connectivity index (χ3v) is 6.67. The molecule has 1 heterocycles. The van der Waals surface area contributed by atoms with Gasteiger partial charge in [-0.15, -0.1) is 11.6 Å². The van der Waals surface area contributed by atoms with Crippen molar-refractivity contribution >= 4 is 33.0 Å². The molecule has 0 aliphatic carbocycles. The highest BCUT2D eigenvalue weighted by Gasteiger charge is 2.26. The number of benzene rings is 2. The summed E-state index contributed by atoms with van der Waals surface area (Å²) in [5.74, 6) is 1.34. The van der Waals surface area contributed by atoms with Crippen LogP contribution in [0.5, 0.6) is 11.5 Å². The first-order chi connectivity index (χ1) is 16.0. The first-order valence-corrected chi connectivity index (χ1v) is 13.1. The Balaban J connectivity index is 1.81. The van der Waals surface area contributed by atoms with Crippen molar-refractivity contribution in [3.63, 3.8) is 0 Å². The van der Waals surface area contributed by atoms with E-state index < -0.39 is 21.4 Å². The molecule has 0 saturated heterocycles. The Hall–Kier alpha value is -2.73. The summed E-state index contributed by atoms with van der Waals surface area (Å²) in [6.07, 6.45) is 1.63. The third kappa shape index (κ3) is 5.66. The minimum atomic E-state index is -3.48. The zero-order chi connectivity index (χ0) is 25.1. The van der Waals surface area contributed by atoms with E-state index in [-0.39, 0.29) is 23.5 Å². The van der Waals surface area contributed by atoms with E-state index in [1.165, 1.54) is 6.20 Å². The van der Waals surface area contributed by atoms with E-state index in [4.69, 9.17) is 37.1 Å². The first kappa shape index (κ1) is 25.9. The molecule has 1 unspecified atom stereocenters. The number of rotatable bonds is 9. The van der Waals surface area contributed by atoms with Crippen molar-refractivity contribution < 1.29 is 22.3 Å². The average Bonchev–Trinajstić information content (AvgIpc) is 3.29. The van der Waals surface area contributed by atoms with Gasteiger partial charge in [-0.3, -0.25) is 0 Å². The van der Waals surface area contributed by atoms with Crippen LogP contribution in [0.25, 0.3) is 0 Å². The molecule has 2 aromatic carbocycles. The Labute approximate surface area is 209 Å². The molecule has 0 bridgehead atoms. The molecule has 3 rings (SSSR count). The monoisotopic (exact) mass is 522 g/mol. The summed E-state index contributed by atoms with van der Waals surface area (Å²) in [7, 11) is -3.48. The Kier molecular flexibility index (Phi) is 7.81. The Bertz CT molecular complexity index is 1310. The molecule has 0 fully saturated rings. The summed E-state index contributed by atoms with van der Waals surface area (Å²) < 4.78 is 39.9. The largest absolute Gasteiger partial charge is 0.489 e. The quantitative estimate of drug-likeness (QED) is 0.332. The number of oxazole rings is 1. The minimum Gasteiger partial charge on any atom is -0.489 e. The smallest absolute Gasteiger partial charge is 0.238 e. The molecular formula is C24H24Cl2N2O5S. The Morgan fingerprint density at radius 3 is 2.44 bits per heavy atom. The molecule has 0 spiro atoms. The number of halogens is 2. The van der Waals surface area contributed by atoms with Crippen molar-refractivity contribution in [1.29, 1.82) is 5.26 Å². The fraction of sp³-hybridized carbons (Fsp3) is 0.333. The maximum absolute atomic E-state index is 11.6. The SMILES string of the molecule is CC(Oc1ccc(C(C)(C)c2cc(Cl)c(OCCCl)c(C#N)c2)cc1)c1ncc(S(C)(=O)=O)o1. The van der Waals surface area contributed by atoms with Crippen molar-refractivity contribution in [2.75, 3.05) is 18.7 Å². The van der Waals surface area contributed by atoms with E-state index in [1.807, 2.05) is 26.0 Å². The molecule has 0 aliphatic heterocycles. The summed E-state index contributed by atoms with van der Waals surface area (Å²) in [6, 6.07) is 13.1. The second-order valence-electron chi connectivity index (χ2n) is 8.18. The highest BCUT2D eigenvalue weighted by atomic mass is 35.5. The number of nitriles is 1. The number of sulfone groups is 1. The molecule has 0 amide bonds. The molecule has 0 radical (unpaired) electrons. The van der Waals surface area contributed by atoms with Crippen LogP contribution < -0.4 is 9.47 Å². The van der Waals surface area contributed by atoms with Crippen LogP contribution in [0.1, 0.15) is 49.5 Å². The Morgan fingerprint density at radius 2 is 1.88 bits per heavy atom. The molecule has 34 heavy (non-hydrogen) atoms. The van der Waals surface area contributed by atoms with Crippen LogP contribution in [-0.4, -0.2) is 32.1 Å². The lowest BCUT2D eigenvalue weighted by atomic mass is 9.77. The zero-order valence-electron chi connectivity index (χ0n) is 19.1. The van der Waals surface area contributed by atoms with Crippen LogP contribution in [0.3, 0.4) is 0 Å². The molecule has 3 aromatic rings. The second-order valence-corrected chi connectivity index (χ2v) is 10.9. The summed E-state index contributed by atoms with van der Waals surface area (Å²) >= 11 is 12.1. The summed E-state index contributed by atoms with van der Waals surface area (Å²) in [5, 5.41) is 9.72. The Morgan fingerprint density at radius 1 is 1.21 bits per heavy atom. The van der Waals surface area contributed by atoms with Crippen LogP contribution in [0.4, 0.5) is 0 Å². The summed E-state index contributed by atoms with van der Waals surface area (Å²) in [5.41, 5.74) is 1.69. The van der Waals surface area contributed by atoms with Crippen LogP contribution in [-0.2, 0) is 15.3 Å². The van der Waals surface area contributed by atoms with Gasteiger partial charge in [0.25, 0.3) is 0 Å². The fourth-order valence-corrected chi connectivity index (χ4v) is 4.16. The topological polar surface area (TPSA) is 102 Å². The number of nitrogens with zero attached hydrogens (tertiary/aromatic N) is 2. The van der Waals surface area contributed by atoms with E-state index in [0.29, 0.717) is 22.1 Å². The number of hydrogen-bond acceptors (Lipinski definition) is 7. The van der Waals surface area contributed by atoms with Crippen LogP contribution in [0.2, 0.25) is 5.02 Å². The fourth-order valence-electron chi connectivity index (χ4n) is 3.33. The average molecular weight is 523 g/mol. The van der Waals surface area contributed by atoms with Gasteiger partial charge in [-0.1, -0.05) is 37.6 Å². The molecule has 1 atom stereocenters. The van der Waals surface area contributed by atoms with Crippen LogP contribution in [0, 0.1) is 11.3 Å². The first-order valence-electron chi connectivity index (χ1n) is 10.3. The van der Waals surface area contributed by atoms with Gasteiger partial charge in [0.05, 0.1) is 22.7 Å². The third-order valence-electron chi connectivity index (χ3n) is 5.31. The van der Waals surface area contributed by atoms with Gasteiger partial charge in [-0.2, -0.15) is 5.26 Å². The van der Waals surface area contributed by atoms with E-state index in [0.717, 1.165) is 17.4 Å². The van der Waals surface area contributed by atoms with Gasteiger partial charge in [-0.25, -0.2) is 13.4 Å². The number of hydrogen-bond donors (Lipinski definition) is 0. The standard InChI is InChI=1S/C24H24Cl2N2O5S/c1-15(23-28-14-21(33-23)34(4,29)30)32-19-7-5-17(6-8-19)24(2,3)18-11-16(13-27)22(20(26)12-18)31-10-9-25/h5-8,11-12,14-15H,9-10H2,1-4H3. The van der Waals surface area contributed by atoms with Crippen molar-refractivity contribution in [2.24, 2.45) is 0 Å². The molecular weight excluding hydrogens is 499 g/mol. The highest BCUT2D eigenvalue weighted by Crippen LogP contribution is 2.38.